The zero-order valence-corrected chi connectivity index (χ0v) is 16.4. The predicted octanol–water partition coefficient (Wildman–Crippen LogP) is 4.12. The summed E-state index contributed by atoms with van der Waals surface area (Å²) in [4.78, 5) is 36.3. The zero-order valence-electron chi connectivity index (χ0n) is 15.6. The number of hydrogen-bond donors (Lipinski definition) is 2. The molecule has 0 atom stereocenters. The molecule has 0 aliphatic rings. The summed E-state index contributed by atoms with van der Waals surface area (Å²) in [5.74, 6) is -0.171. The number of fused-ring (bicyclic) bond motifs is 1. The van der Waals surface area contributed by atoms with Crippen molar-refractivity contribution < 1.29 is 18.7 Å². The van der Waals surface area contributed by atoms with Crippen molar-refractivity contribution in [3.63, 3.8) is 0 Å². The predicted molar refractivity (Wildman–Crippen MR) is 115 cm³/mol. The molecule has 0 radical (unpaired) electrons. The van der Waals surface area contributed by atoms with Crippen LogP contribution in [0.25, 0.3) is 11.0 Å². The van der Waals surface area contributed by atoms with Crippen LogP contribution >= 0.6 is 11.3 Å². The lowest BCUT2D eigenvalue weighted by molar-refractivity contribution is -0.118. The smallest absolute Gasteiger partial charge is 0.336 e. The van der Waals surface area contributed by atoms with Gasteiger partial charge in [-0.05, 0) is 47.8 Å². The van der Waals surface area contributed by atoms with Gasteiger partial charge in [-0.15, -0.1) is 11.3 Å². The van der Waals surface area contributed by atoms with E-state index in [1.165, 1.54) is 17.4 Å². The van der Waals surface area contributed by atoms with Crippen LogP contribution in [0.2, 0.25) is 0 Å². The van der Waals surface area contributed by atoms with Gasteiger partial charge in [0.1, 0.15) is 11.3 Å². The van der Waals surface area contributed by atoms with Gasteiger partial charge in [0.25, 0.3) is 11.8 Å². The molecule has 0 aliphatic carbocycles. The zero-order chi connectivity index (χ0) is 20.9. The maximum Gasteiger partial charge on any atom is 0.336 e. The average Bonchev–Trinajstić information content (AvgIpc) is 3.27. The third kappa shape index (κ3) is 4.73. The summed E-state index contributed by atoms with van der Waals surface area (Å²) in [7, 11) is 0. The number of rotatable bonds is 6. The average molecular weight is 420 g/mol. The molecule has 8 heteroatoms. The number of amides is 2. The fourth-order valence-electron chi connectivity index (χ4n) is 2.75. The molecule has 0 unspecified atom stereocenters. The molecule has 0 bridgehead atoms. The molecule has 4 aromatic rings. The minimum Gasteiger partial charge on any atom is -0.484 e. The Kier molecular flexibility index (Phi) is 5.58. The van der Waals surface area contributed by atoms with Gasteiger partial charge in [0.2, 0.25) is 0 Å². The minimum atomic E-state index is -0.455. The Labute approximate surface area is 174 Å². The molecule has 0 fully saturated rings. The third-order valence-electron chi connectivity index (χ3n) is 4.11. The molecule has 4 rings (SSSR count). The monoisotopic (exact) mass is 420 g/mol. The van der Waals surface area contributed by atoms with Crippen LogP contribution in [0.5, 0.6) is 5.75 Å². The van der Waals surface area contributed by atoms with Gasteiger partial charge in [0, 0.05) is 28.9 Å². The maximum absolute atomic E-state index is 12.2. The molecular weight excluding hydrogens is 404 g/mol. The number of carbonyl (C=O) groups excluding carboxylic acids is 2. The van der Waals surface area contributed by atoms with Crippen LogP contribution in [-0.2, 0) is 4.79 Å². The Morgan fingerprint density at radius 2 is 1.73 bits per heavy atom. The number of nitrogens with one attached hydrogen (secondary N) is 2. The fraction of sp³-hybridized carbons (Fsp3) is 0.0455. The Hall–Kier alpha value is -3.91. The highest BCUT2D eigenvalue weighted by molar-refractivity contribution is 7.12. The molecule has 0 saturated carbocycles. The van der Waals surface area contributed by atoms with Crippen LogP contribution in [0, 0.1) is 0 Å². The molecule has 30 heavy (non-hydrogen) atoms. The summed E-state index contributed by atoms with van der Waals surface area (Å²) in [5, 5.41) is 8.10. The number of hydrogen-bond acceptors (Lipinski definition) is 6. The minimum absolute atomic E-state index is 0.209. The molecule has 0 aliphatic heterocycles. The Balaban J connectivity index is 1.36. The molecular formula is C22H16N2O5S. The highest BCUT2D eigenvalue weighted by atomic mass is 32.1. The molecule has 2 aromatic carbocycles. The van der Waals surface area contributed by atoms with Gasteiger partial charge in [-0.3, -0.25) is 9.59 Å². The van der Waals surface area contributed by atoms with Gasteiger partial charge in [-0.25, -0.2) is 4.79 Å². The van der Waals surface area contributed by atoms with Crippen LogP contribution in [0.15, 0.2) is 81.3 Å². The van der Waals surface area contributed by atoms with E-state index in [4.69, 9.17) is 9.15 Å². The van der Waals surface area contributed by atoms with Gasteiger partial charge in [0.05, 0.1) is 4.88 Å². The van der Waals surface area contributed by atoms with Crippen LogP contribution in [0.1, 0.15) is 9.67 Å². The van der Waals surface area contributed by atoms with Crippen molar-refractivity contribution in [2.24, 2.45) is 0 Å². The molecule has 2 heterocycles. The first kappa shape index (κ1) is 19.4. The number of benzene rings is 2. The van der Waals surface area contributed by atoms with Crippen LogP contribution in [-0.4, -0.2) is 18.4 Å². The van der Waals surface area contributed by atoms with E-state index < -0.39 is 5.63 Å². The second kappa shape index (κ2) is 8.62. The molecule has 150 valence electrons. The number of anilines is 2. The lowest BCUT2D eigenvalue weighted by Gasteiger charge is -2.10. The normalized spacial score (nSPS) is 10.5. The van der Waals surface area contributed by atoms with Gasteiger partial charge in [-0.2, -0.15) is 0 Å². The molecule has 0 saturated heterocycles. The largest absolute Gasteiger partial charge is 0.484 e. The van der Waals surface area contributed by atoms with E-state index in [1.54, 1.807) is 60.7 Å². The van der Waals surface area contributed by atoms with Crippen molar-refractivity contribution in [2.45, 2.75) is 0 Å². The van der Waals surface area contributed by atoms with E-state index in [2.05, 4.69) is 10.6 Å². The van der Waals surface area contributed by atoms with Crippen LogP contribution < -0.4 is 21.0 Å². The summed E-state index contributed by atoms with van der Waals surface area (Å²) in [5.41, 5.74) is 1.02. The van der Waals surface area contributed by atoms with E-state index in [-0.39, 0.29) is 18.4 Å². The van der Waals surface area contributed by atoms with Crippen LogP contribution in [0.4, 0.5) is 11.4 Å². The first-order valence-electron chi connectivity index (χ1n) is 8.98. The molecule has 7 nitrogen and oxygen atoms in total. The van der Waals surface area contributed by atoms with Gasteiger partial charge in [-0.1, -0.05) is 12.1 Å². The van der Waals surface area contributed by atoms with E-state index in [9.17, 15) is 14.4 Å². The number of thiophene rings is 1. The van der Waals surface area contributed by atoms with Gasteiger partial charge >= 0.3 is 5.63 Å². The van der Waals surface area contributed by atoms with E-state index in [0.717, 1.165) is 5.39 Å². The fourth-order valence-corrected chi connectivity index (χ4v) is 3.37. The lowest BCUT2D eigenvalue weighted by Crippen LogP contribution is -2.20. The Bertz CT molecular complexity index is 1260. The summed E-state index contributed by atoms with van der Waals surface area (Å²) in [6.45, 7) is -0.228. The molecule has 2 N–H and O–H groups in total. The van der Waals surface area contributed by atoms with E-state index in [0.29, 0.717) is 27.6 Å². The molecule has 2 amide bonds. The topological polar surface area (TPSA) is 97.6 Å². The van der Waals surface area contributed by atoms with E-state index in [1.807, 2.05) is 5.38 Å². The highest BCUT2D eigenvalue weighted by Gasteiger charge is 2.09. The number of carbonyl (C=O) groups is 2. The SMILES string of the molecule is O=C(COc1ccc2ccc(=O)oc2c1)Nc1cccc(NC(=O)c2cccs2)c1. The van der Waals surface area contributed by atoms with Crippen molar-refractivity contribution in [3.05, 3.63) is 87.4 Å². The van der Waals surface area contributed by atoms with Crippen LogP contribution in [0.3, 0.4) is 0 Å². The van der Waals surface area contributed by atoms with Crippen molar-refractivity contribution in [2.75, 3.05) is 17.2 Å². The summed E-state index contributed by atoms with van der Waals surface area (Å²) in [6, 6.07) is 18.4. The van der Waals surface area contributed by atoms with Gasteiger partial charge < -0.3 is 19.8 Å². The van der Waals surface area contributed by atoms with Crippen molar-refractivity contribution in [1.29, 1.82) is 0 Å². The summed E-state index contributed by atoms with van der Waals surface area (Å²) in [6.07, 6.45) is 0. The Morgan fingerprint density at radius 1 is 0.933 bits per heavy atom. The van der Waals surface area contributed by atoms with Crippen molar-refractivity contribution >= 4 is 45.5 Å². The molecule has 2 aromatic heterocycles. The number of ether oxygens (including phenoxy) is 1. The maximum atomic E-state index is 12.2. The van der Waals surface area contributed by atoms with E-state index >= 15 is 0 Å². The standard InChI is InChI=1S/C22H16N2O5S/c25-20(13-28-17-8-6-14-7-9-21(26)29-18(14)12-17)23-15-3-1-4-16(11-15)24-22(27)19-5-2-10-30-19/h1-12H,13H2,(H,23,25)(H,24,27). The highest BCUT2D eigenvalue weighted by Crippen LogP contribution is 2.20. The van der Waals surface area contributed by atoms with Crippen molar-refractivity contribution in [3.8, 4) is 5.75 Å². The first-order chi connectivity index (χ1) is 14.6. The molecule has 0 spiro atoms. The lowest BCUT2D eigenvalue weighted by atomic mass is 10.2. The second-order valence-electron chi connectivity index (χ2n) is 6.30. The third-order valence-corrected chi connectivity index (χ3v) is 4.98. The van der Waals surface area contributed by atoms with Gasteiger partial charge in [0.15, 0.2) is 6.61 Å². The second-order valence-corrected chi connectivity index (χ2v) is 7.25. The summed E-state index contributed by atoms with van der Waals surface area (Å²) >= 11 is 1.35. The Morgan fingerprint density at radius 3 is 2.53 bits per heavy atom. The van der Waals surface area contributed by atoms with Crippen molar-refractivity contribution in [1.82, 2.24) is 0 Å². The quantitative estimate of drug-likeness (QED) is 0.457. The summed E-state index contributed by atoms with van der Waals surface area (Å²) < 4.78 is 10.6. The first-order valence-corrected chi connectivity index (χ1v) is 9.86.